The van der Waals surface area contributed by atoms with Crippen LogP contribution in [0, 0.1) is 5.92 Å². The Labute approximate surface area is 86.6 Å². The van der Waals surface area contributed by atoms with Gasteiger partial charge in [-0.25, -0.2) is 0 Å². The van der Waals surface area contributed by atoms with Gasteiger partial charge in [0.25, 0.3) is 0 Å². The van der Waals surface area contributed by atoms with Crippen LogP contribution in [0.15, 0.2) is 35.6 Å². The Morgan fingerprint density at radius 3 is 3.14 bits per heavy atom. The normalized spacial score (nSPS) is 31.9. The molecule has 2 unspecified atom stereocenters. The predicted molar refractivity (Wildman–Crippen MR) is 60.9 cm³/mol. The first-order valence-electron chi connectivity index (χ1n) is 5.62. The van der Waals surface area contributed by atoms with Gasteiger partial charge < -0.3 is 5.32 Å². The minimum absolute atomic E-state index is 0.521. The first-order chi connectivity index (χ1) is 6.83. The molecule has 0 aromatic heterocycles. The summed E-state index contributed by atoms with van der Waals surface area (Å²) >= 11 is 0. The van der Waals surface area contributed by atoms with Gasteiger partial charge in [-0.05, 0) is 37.8 Å². The molecule has 0 spiro atoms. The van der Waals surface area contributed by atoms with Gasteiger partial charge >= 0.3 is 0 Å². The molecule has 2 aliphatic rings. The van der Waals surface area contributed by atoms with Crippen molar-refractivity contribution >= 4 is 0 Å². The fraction of sp³-hybridized carbons (Fsp3) is 0.538. The number of hydrogen-bond donors (Lipinski definition) is 1. The van der Waals surface area contributed by atoms with E-state index in [1.807, 2.05) is 0 Å². The van der Waals surface area contributed by atoms with Crippen LogP contribution < -0.4 is 5.32 Å². The van der Waals surface area contributed by atoms with Crippen LogP contribution in [0.5, 0.6) is 0 Å². The Morgan fingerprint density at radius 2 is 2.36 bits per heavy atom. The van der Waals surface area contributed by atoms with Crippen LogP contribution in [0.3, 0.4) is 0 Å². The highest BCUT2D eigenvalue weighted by Crippen LogP contribution is 2.32. The second-order valence-electron chi connectivity index (χ2n) is 4.22. The van der Waals surface area contributed by atoms with E-state index in [4.69, 9.17) is 0 Å². The monoisotopic (exact) mass is 189 g/mol. The molecule has 1 heteroatoms. The van der Waals surface area contributed by atoms with Crippen LogP contribution in [0.25, 0.3) is 0 Å². The lowest BCUT2D eigenvalue weighted by Gasteiger charge is -2.14. The van der Waals surface area contributed by atoms with Gasteiger partial charge in [-0.15, -0.1) is 0 Å². The van der Waals surface area contributed by atoms with Crippen molar-refractivity contribution in [3.8, 4) is 0 Å². The van der Waals surface area contributed by atoms with Gasteiger partial charge in [0.05, 0.1) is 6.04 Å². The quantitative estimate of drug-likeness (QED) is 0.625. The van der Waals surface area contributed by atoms with E-state index in [0.717, 1.165) is 0 Å². The predicted octanol–water partition coefficient (Wildman–Crippen LogP) is 3.16. The lowest BCUT2D eigenvalue weighted by Crippen LogP contribution is -2.24. The van der Waals surface area contributed by atoms with Gasteiger partial charge in [-0.2, -0.15) is 0 Å². The summed E-state index contributed by atoms with van der Waals surface area (Å²) in [7, 11) is 0. The SMILES string of the molecule is C/C=C\C1NC2=C(CCCC=C2)C1C. The van der Waals surface area contributed by atoms with Gasteiger partial charge in [0.1, 0.15) is 0 Å². The van der Waals surface area contributed by atoms with Crippen molar-refractivity contribution in [1.82, 2.24) is 5.32 Å². The molecule has 1 aliphatic carbocycles. The van der Waals surface area contributed by atoms with E-state index in [-0.39, 0.29) is 0 Å². The summed E-state index contributed by atoms with van der Waals surface area (Å²) < 4.78 is 0. The van der Waals surface area contributed by atoms with Crippen molar-refractivity contribution in [3.63, 3.8) is 0 Å². The molecule has 1 N–H and O–H groups in total. The van der Waals surface area contributed by atoms with Crippen molar-refractivity contribution in [3.05, 3.63) is 35.6 Å². The maximum Gasteiger partial charge on any atom is 0.0507 e. The Morgan fingerprint density at radius 1 is 1.50 bits per heavy atom. The summed E-state index contributed by atoms with van der Waals surface area (Å²) in [5.74, 6) is 0.670. The number of rotatable bonds is 1. The summed E-state index contributed by atoms with van der Waals surface area (Å²) in [4.78, 5) is 0. The first kappa shape index (κ1) is 9.57. The maximum atomic E-state index is 3.59. The molecular weight excluding hydrogens is 170 g/mol. The Hall–Kier alpha value is -0.980. The van der Waals surface area contributed by atoms with E-state index in [0.29, 0.717) is 12.0 Å². The zero-order valence-electron chi connectivity index (χ0n) is 9.09. The number of allylic oxidation sites excluding steroid dienone is 3. The molecule has 0 fully saturated rings. The van der Waals surface area contributed by atoms with Crippen LogP contribution in [0.1, 0.15) is 33.1 Å². The molecule has 1 aliphatic heterocycles. The van der Waals surface area contributed by atoms with Crippen molar-refractivity contribution < 1.29 is 0 Å². The molecule has 0 aromatic carbocycles. The van der Waals surface area contributed by atoms with Crippen LogP contribution in [-0.4, -0.2) is 6.04 Å². The first-order valence-corrected chi connectivity index (χ1v) is 5.62. The van der Waals surface area contributed by atoms with E-state index in [1.54, 1.807) is 5.57 Å². The highest BCUT2D eigenvalue weighted by molar-refractivity contribution is 5.35. The lowest BCUT2D eigenvalue weighted by molar-refractivity contribution is 0.565. The summed E-state index contributed by atoms with van der Waals surface area (Å²) in [6, 6.07) is 0.521. The average molecular weight is 189 g/mol. The van der Waals surface area contributed by atoms with Crippen LogP contribution in [-0.2, 0) is 0 Å². The van der Waals surface area contributed by atoms with E-state index in [9.17, 15) is 0 Å². The minimum Gasteiger partial charge on any atom is -0.378 e. The van der Waals surface area contributed by atoms with Crippen LogP contribution in [0.4, 0.5) is 0 Å². The summed E-state index contributed by atoms with van der Waals surface area (Å²) in [6.07, 6.45) is 12.8. The lowest BCUT2D eigenvalue weighted by atomic mass is 9.93. The zero-order valence-corrected chi connectivity index (χ0v) is 9.09. The van der Waals surface area contributed by atoms with Gasteiger partial charge in [0, 0.05) is 11.6 Å². The molecule has 0 saturated carbocycles. The second-order valence-corrected chi connectivity index (χ2v) is 4.22. The van der Waals surface area contributed by atoms with E-state index in [1.165, 1.54) is 25.0 Å². The van der Waals surface area contributed by atoms with Gasteiger partial charge in [0.2, 0.25) is 0 Å². The molecule has 1 heterocycles. The average Bonchev–Trinajstić information content (AvgIpc) is 2.41. The highest BCUT2D eigenvalue weighted by atomic mass is 15.0. The Balaban J connectivity index is 2.19. The molecule has 14 heavy (non-hydrogen) atoms. The van der Waals surface area contributed by atoms with Gasteiger partial charge in [-0.3, -0.25) is 0 Å². The topological polar surface area (TPSA) is 12.0 Å². The van der Waals surface area contributed by atoms with E-state index >= 15 is 0 Å². The third-order valence-corrected chi connectivity index (χ3v) is 3.26. The Bertz CT molecular complexity index is 296. The van der Waals surface area contributed by atoms with Gasteiger partial charge in [-0.1, -0.05) is 25.2 Å². The van der Waals surface area contributed by atoms with Crippen LogP contribution >= 0.6 is 0 Å². The molecule has 0 saturated heterocycles. The molecule has 0 amide bonds. The zero-order chi connectivity index (χ0) is 9.97. The molecular formula is C13H19N. The van der Waals surface area contributed by atoms with Crippen molar-refractivity contribution in [2.45, 2.75) is 39.2 Å². The van der Waals surface area contributed by atoms with Crippen molar-refractivity contribution in [1.29, 1.82) is 0 Å². The second kappa shape index (κ2) is 4.04. The summed E-state index contributed by atoms with van der Waals surface area (Å²) in [5, 5.41) is 3.59. The van der Waals surface area contributed by atoms with Gasteiger partial charge in [0.15, 0.2) is 0 Å². The van der Waals surface area contributed by atoms with E-state index < -0.39 is 0 Å². The molecule has 0 bridgehead atoms. The molecule has 0 aromatic rings. The molecule has 1 nitrogen and oxygen atoms in total. The summed E-state index contributed by atoms with van der Waals surface area (Å²) in [5.41, 5.74) is 3.01. The van der Waals surface area contributed by atoms with Crippen molar-refractivity contribution in [2.24, 2.45) is 5.92 Å². The fourth-order valence-electron chi connectivity index (χ4n) is 2.41. The molecule has 2 rings (SSSR count). The smallest absolute Gasteiger partial charge is 0.0507 e. The van der Waals surface area contributed by atoms with E-state index in [2.05, 4.69) is 43.5 Å². The molecule has 2 atom stereocenters. The Kier molecular flexibility index (Phi) is 2.76. The largest absolute Gasteiger partial charge is 0.378 e. The molecule has 76 valence electrons. The highest BCUT2D eigenvalue weighted by Gasteiger charge is 2.27. The molecule has 0 radical (unpaired) electrons. The van der Waals surface area contributed by atoms with Crippen LogP contribution in [0.2, 0.25) is 0 Å². The third-order valence-electron chi connectivity index (χ3n) is 3.26. The maximum absolute atomic E-state index is 3.59. The van der Waals surface area contributed by atoms with Crippen molar-refractivity contribution in [2.75, 3.05) is 0 Å². The number of hydrogen-bond acceptors (Lipinski definition) is 1. The third kappa shape index (κ3) is 1.63. The fourth-order valence-corrected chi connectivity index (χ4v) is 2.41. The standard InChI is InChI=1S/C13H19N/c1-3-7-12-10(2)11-8-5-4-6-9-13(11)14-12/h3,6-7,9-10,12,14H,4-5,8H2,1-2H3/b7-3-. The summed E-state index contributed by atoms with van der Waals surface area (Å²) in [6.45, 7) is 4.42. The minimum atomic E-state index is 0.521. The number of nitrogens with one attached hydrogen (secondary N) is 1.